The lowest BCUT2D eigenvalue weighted by Crippen LogP contribution is -2.48. The fraction of sp³-hybridized carbons (Fsp3) is 1.00. The van der Waals surface area contributed by atoms with E-state index < -0.39 is 0 Å². The predicted octanol–water partition coefficient (Wildman–Crippen LogP) is 0.212. The SMILES string of the molecule is CC(CCNCCCN(C)C)N1CCNCC1. The highest BCUT2D eigenvalue weighted by Gasteiger charge is 2.15. The first-order valence-corrected chi connectivity index (χ1v) is 7.00. The van der Waals surface area contributed by atoms with Gasteiger partial charge in [-0.15, -0.1) is 0 Å². The molecule has 2 N–H and O–H groups in total. The maximum atomic E-state index is 3.54. The standard InChI is InChI=1S/C13H30N4/c1-13(17-11-8-15-9-12-17)5-7-14-6-4-10-16(2)3/h13-15H,4-12H2,1-3H3. The van der Waals surface area contributed by atoms with E-state index >= 15 is 0 Å². The van der Waals surface area contributed by atoms with Crippen LogP contribution in [0.5, 0.6) is 0 Å². The highest BCUT2D eigenvalue weighted by Crippen LogP contribution is 2.03. The van der Waals surface area contributed by atoms with Crippen molar-refractivity contribution >= 4 is 0 Å². The van der Waals surface area contributed by atoms with E-state index in [1.165, 1.54) is 32.5 Å². The van der Waals surface area contributed by atoms with Crippen molar-refractivity contribution in [3.8, 4) is 0 Å². The van der Waals surface area contributed by atoms with Gasteiger partial charge in [-0.05, 0) is 53.5 Å². The first kappa shape index (κ1) is 14.9. The summed E-state index contributed by atoms with van der Waals surface area (Å²) >= 11 is 0. The molecule has 0 aromatic carbocycles. The molecule has 1 saturated heterocycles. The molecule has 1 aliphatic rings. The predicted molar refractivity (Wildman–Crippen MR) is 74.6 cm³/mol. The zero-order valence-corrected chi connectivity index (χ0v) is 11.8. The van der Waals surface area contributed by atoms with Gasteiger partial charge in [0.05, 0.1) is 0 Å². The van der Waals surface area contributed by atoms with Crippen LogP contribution in [0.2, 0.25) is 0 Å². The largest absolute Gasteiger partial charge is 0.317 e. The Hall–Kier alpha value is -0.160. The van der Waals surface area contributed by atoms with Crippen molar-refractivity contribution in [1.82, 2.24) is 20.4 Å². The van der Waals surface area contributed by atoms with Gasteiger partial charge in [-0.2, -0.15) is 0 Å². The summed E-state index contributed by atoms with van der Waals surface area (Å²) in [7, 11) is 4.26. The lowest BCUT2D eigenvalue weighted by molar-refractivity contribution is 0.176. The van der Waals surface area contributed by atoms with Gasteiger partial charge >= 0.3 is 0 Å². The summed E-state index contributed by atoms with van der Waals surface area (Å²) in [6.07, 6.45) is 2.51. The monoisotopic (exact) mass is 242 g/mol. The highest BCUT2D eigenvalue weighted by atomic mass is 15.2. The third-order valence-electron chi connectivity index (χ3n) is 3.47. The average molecular weight is 242 g/mol. The third kappa shape index (κ3) is 6.99. The number of nitrogens with zero attached hydrogens (tertiary/aromatic N) is 2. The Balaban J connectivity index is 1.94. The molecule has 0 aliphatic carbocycles. The molecule has 0 aromatic rings. The number of hydrogen-bond acceptors (Lipinski definition) is 4. The maximum absolute atomic E-state index is 3.54. The summed E-state index contributed by atoms with van der Waals surface area (Å²) in [6, 6.07) is 0.721. The summed E-state index contributed by atoms with van der Waals surface area (Å²) < 4.78 is 0. The first-order chi connectivity index (χ1) is 8.20. The Bertz CT molecular complexity index is 178. The van der Waals surface area contributed by atoms with Gasteiger partial charge in [-0.25, -0.2) is 0 Å². The van der Waals surface area contributed by atoms with E-state index in [-0.39, 0.29) is 0 Å². The molecule has 1 aliphatic heterocycles. The highest BCUT2D eigenvalue weighted by molar-refractivity contribution is 4.74. The Labute approximate surface area is 107 Å². The van der Waals surface area contributed by atoms with E-state index in [9.17, 15) is 0 Å². The van der Waals surface area contributed by atoms with Crippen molar-refractivity contribution in [1.29, 1.82) is 0 Å². The smallest absolute Gasteiger partial charge is 0.0110 e. The molecule has 0 spiro atoms. The summed E-state index contributed by atoms with van der Waals surface area (Å²) in [5.74, 6) is 0. The Kier molecular flexibility index (Phi) is 7.77. The van der Waals surface area contributed by atoms with Crippen LogP contribution in [0.15, 0.2) is 0 Å². The van der Waals surface area contributed by atoms with Gasteiger partial charge in [-0.1, -0.05) is 0 Å². The fourth-order valence-corrected chi connectivity index (χ4v) is 2.26. The van der Waals surface area contributed by atoms with E-state index in [0.717, 1.165) is 32.2 Å². The van der Waals surface area contributed by atoms with E-state index in [0.29, 0.717) is 0 Å². The lowest BCUT2D eigenvalue weighted by Gasteiger charge is -2.32. The molecule has 4 nitrogen and oxygen atoms in total. The molecule has 1 rings (SSSR count). The second kappa shape index (κ2) is 8.86. The number of rotatable bonds is 8. The van der Waals surface area contributed by atoms with Crippen LogP contribution in [0.4, 0.5) is 0 Å². The molecule has 102 valence electrons. The van der Waals surface area contributed by atoms with Gasteiger partial charge < -0.3 is 15.5 Å². The van der Waals surface area contributed by atoms with E-state index in [2.05, 4.69) is 41.5 Å². The van der Waals surface area contributed by atoms with E-state index in [4.69, 9.17) is 0 Å². The van der Waals surface area contributed by atoms with Gasteiger partial charge in [0.1, 0.15) is 0 Å². The molecule has 0 bridgehead atoms. The van der Waals surface area contributed by atoms with Crippen molar-refractivity contribution in [2.24, 2.45) is 0 Å². The number of nitrogens with one attached hydrogen (secondary N) is 2. The van der Waals surface area contributed by atoms with Crippen LogP contribution in [-0.4, -0.2) is 75.8 Å². The molecule has 0 amide bonds. The zero-order chi connectivity index (χ0) is 12.5. The number of hydrogen-bond donors (Lipinski definition) is 2. The Morgan fingerprint density at radius 1 is 1.24 bits per heavy atom. The third-order valence-corrected chi connectivity index (χ3v) is 3.47. The molecular weight excluding hydrogens is 212 g/mol. The van der Waals surface area contributed by atoms with Crippen molar-refractivity contribution < 1.29 is 0 Å². The summed E-state index contributed by atoms with van der Waals surface area (Å²) in [4.78, 5) is 4.84. The zero-order valence-electron chi connectivity index (χ0n) is 11.8. The van der Waals surface area contributed by atoms with Crippen LogP contribution >= 0.6 is 0 Å². The topological polar surface area (TPSA) is 30.5 Å². The van der Waals surface area contributed by atoms with Crippen LogP contribution < -0.4 is 10.6 Å². The summed E-state index contributed by atoms with van der Waals surface area (Å²) in [6.45, 7) is 10.6. The molecule has 17 heavy (non-hydrogen) atoms. The normalized spacial score (nSPS) is 19.8. The molecule has 1 atom stereocenters. The van der Waals surface area contributed by atoms with Crippen molar-refractivity contribution in [3.63, 3.8) is 0 Å². The van der Waals surface area contributed by atoms with Gasteiger partial charge in [0.25, 0.3) is 0 Å². The van der Waals surface area contributed by atoms with Crippen molar-refractivity contribution in [2.75, 3.05) is 59.9 Å². The second-order valence-corrected chi connectivity index (χ2v) is 5.33. The quantitative estimate of drug-likeness (QED) is 0.596. The van der Waals surface area contributed by atoms with E-state index in [1.54, 1.807) is 0 Å². The fourth-order valence-electron chi connectivity index (χ4n) is 2.26. The maximum Gasteiger partial charge on any atom is 0.0110 e. The Morgan fingerprint density at radius 2 is 1.94 bits per heavy atom. The van der Waals surface area contributed by atoms with Crippen molar-refractivity contribution in [3.05, 3.63) is 0 Å². The van der Waals surface area contributed by atoms with Gasteiger partial charge in [0.2, 0.25) is 0 Å². The van der Waals surface area contributed by atoms with Crippen LogP contribution in [0.3, 0.4) is 0 Å². The molecule has 1 unspecified atom stereocenters. The van der Waals surface area contributed by atoms with Gasteiger partial charge in [0.15, 0.2) is 0 Å². The molecule has 1 heterocycles. The molecule has 1 fully saturated rings. The minimum Gasteiger partial charge on any atom is -0.317 e. The Morgan fingerprint density at radius 3 is 2.59 bits per heavy atom. The molecule has 0 aromatic heterocycles. The van der Waals surface area contributed by atoms with Gasteiger partial charge in [-0.3, -0.25) is 4.90 Å². The van der Waals surface area contributed by atoms with Crippen LogP contribution in [0.1, 0.15) is 19.8 Å². The molecule has 4 heteroatoms. The van der Waals surface area contributed by atoms with E-state index in [1.807, 2.05) is 0 Å². The minimum atomic E-state index is 0.721. The number of piperazine rings is 1. The molecule has 0 radical (unpaired) electrons. The van der Waals surface area contributed by atoms with Crippen molar-refractivity contribution in [2.45, 2.75) is 25.8 Å². The average Bonchev–Trinajstić information content (AvgIpc) is 2.34. The minimum absolute atomic E-state index is 0.721. The summed E-state index contributed by atoms with van der Waals surface area (Å²) in [5, 5.41) is 6.94. The lowest BCUT2D eigenvalue weighted by atomic mass is 10.2. The molecule has 0 saturated carbocycles. The van der Waals surface area contributed by atoms with Gasteiger partial charge in [0, 0.05) is 32.2 Å². The van der Waals surface area contributed by atoms with Crippen LogP contribution in [0, 0.1) is 0 Å². The summed E-state index contributed by atoms with van der Waals surface area (Å²) in [5.41, 5.74) is 0. The van der Waals surface area contributed by atoms with Crippen LogP contribution in [0.25, 0.3) is 0 Å². The molecular formula is C13H30N4. The van der Waals surface area contributed by atoms with Crippen LogP contribution in [-0.2, 0) is 0 Å². The first-order valence-electron chi connectivity index (χ1n) is 7.00. The second-order valence-electron chi connectivity index (χ2n) is 5.33.